The molecule has 0 saturated carbocycles. The van der Waals surface area contributed by atoms with E-state index in [2.05, 4.69) is 11.4 Å². The number of hydrogen-bond acceptors (Lipinski definition) is 3. The number of benzene rings is 1. The number of anilines is 1. The summed E-state index contributed by atoms with van der Waals surface area (Å²) in [6, 6.07) is 7.70. The molecule has 4 heteroatoms. The van der Waals surface area contributed by atoms with Crippen LogP contribution in [-0.2, 0) is 0 Å². The van der Waals surface area contributed by atoms with Crippen LogP contribution in [0.15, 0.2) is 18.2 Å². The van der Waals surface area contributed by atoms with E-state index < -0.39 is 0 Å². The van der Waals surface area contributed by atoms with Gasteiger partial charge in [-0.2, -0.15) is 17.0 Å². The lowest BCUT2D eigenvalue weighted by atomic mass is 10.0. The van der Waals surface area contributed by atoms with Crippen molar-refractivity contribution in [3.05, 3.63) is 28.8 Å². The third-order valence-corrected chi connectivity index (χ3v) is 4.41. The van der Waals surface area contributed by atoms with Crippen molar-refractivity contribution in [2.24, 2.45) is 5.92 Å². The lowest BCUT2D eigenvalue weighted by molar-refractivity contribution is 0.516. The number of nitrogens with zero attached hydrogens (tertiary/aromatic N) is 1. The summed E-state index contributed by atoms with van der Waals surface area (Å²) in [4.78, 5) is 0. The lowest BCUT2D eigenvalue weighted by Gasteiger charge is -2.22. The molecule has 0 aromatic heterocycles. The van der Waals surface area contributed by atoms with Crippen LogP contribution in [0.4, 0.5) is 5.69 Å². The maximum Gasteiger partial charge on any atom is 0.103 e. The van der Waals surface area contributed by atoms with E-state index in [9.17, 15) is 0 Å². The minimum atomic E-state index is 0.525. The van der Waals surface area contributed by atoms with Crippen molar-refractivity contribution in [2.45, 2.75) is 12.8 Å². The molecule has 0 spiro atoms. The van der Waals surface area contributed by atoms with E-state index >= 15 is 0 Å². The first-order valence-corrected chi connectivity index (χ1v) is 7.34. The van der Waals surface area contributed by atoms with Gasteiger partial charge >= 0.3 is 0 Å². The quantitative estimate of drug-likeness (QED) is 0.905. The largest absolute Gasteiger partial charge is 0.384 e. The van der Waals surface area contributed by atoms with Crippen molar-refractivity contribution in [3.8, 4) is 6.07 Å². The standard InChI is InChI=1S/C13H15ClN2S/c14-12-2-1-3-13(11(12)8-15)16-9-10-4-6-17-7-5-10/h1-3,10,16H,4-7,9H2. The first kappa shape index (κ1) is 12.6. The van der Waals surface area contributed by atoms with E-state index in [4.69, 9.17) is 16.9 Å². The van der Waals surface area contributed by atoms with Gasteiger partial charge in [0.2, 0.25) is 0 Å². The van der Waals surface area contributed by atoms with Crippen molar-refractivity contribution in [2.75, 3.05) is 23.4 Å². The van der Waals surface area contributed by atoms with Crippen molar-refractivity contribution in [1.29, 1.82) is 5.26 Å². The third kappa shape index (κ3) is 3.31. The van der Waals surface area contributed by atoms with E-state index in [1.54, 1.807) is 6.07 Å². The van der Waals surface area contributed by atoms with Crippen LogP contribution in [0.25, 0.3) is 0 Å². The van der Waals surface area contributed by atoms with Crippen LogP contribution in [0.3, 0.4) is 0 Å². The summed E-state index contributed by atoms with van der Waals surface area (Å²) in [6.07, 6.45) is 2.53. The lowest BCUT2D eigenvalue weighted by Crippen LogP contribution is -2.19. The SMILES string of the molecule is N#Cc1c(Cl)cccc1NCC1CCSCC1. The summed E-state index contributed by atoms with van der Waals surface area (Å²) in [5.41, 5.74) is 1.41. The summed E-state index contributed by atoms with van der Waals surface area (Å²) in [5.74, 6) is 3.24. The molecule has 0 radical (unpaired) electrons. The van der Waals surface area contributed by atoms with E-state index in [0.29, 0.717) is 10.6 Å². The number of nitriles is 1. The van der Waals surface area contributed by atoms with Gasteiger partial charge in [-0.05, 0) is 42.4 Å². The fourth-order valence-corrected chi connectivity index (χ4v) is 3.41. The first-order valence-electron chi connectivity index (χ1n) is 5.81. The van der Waals surface area contributed by atoms with Crippen LogP contribution in [0, 0.1) is 17.2 Å². The molecule has 1 aliphatic rings. The second-order valence-electron chi connectivity index (χ2n) is 4.21. The Bertz CT molecular complexity index is 422. The maximum atomic E-state index is 9.06. The zero-order valence-corrected chi connectivity index (χ0v) is 11.2. The van der Waals surface area contributed by atoms with Crippen molar-refractivity contribution in [3.63, 3.8) is 0 Å². The number of rotatable bonds is 3. The predicted octanol–water partition coefficient (Wildman–Crippen LogP) is 3.77. The Morgan fingerprint density at radius 2 is 2.18 bits per heavy atom. The molecule has 1 heterocycles. The second kappa shape index (κ2) is 6.18. The van der Waals surface area contributed by atoms with Gasteiger partial charge in [0.25, 0.3) is 0 Å². The average molecular weight is 267 g/mol. The zero-order valence-electron chi connectivity index (χ0n) is 9.58. The maximum absolute atomic E-state index is 9.06. The highest BCUT2D eigenvalue weighted by Crippen LogP contribution is 2.26. The monoisotopic (exact) mass is 266 g/mol. The van der Waals surface area contributed by atoms with Crippen LogP contribution in [-0.4, -0.2) is 18.1 Å². The molecule has 0 unspecified atom stereocenters. The molecule has 0 atom stereocenters. The summed E-state index contributed by atoms with van der Waals surface area (Å²) < 4.78 is 0. The van der Waals surface area contributed by atoms with Crippen molar-refractivity contribution in [1.82, 2.24) is 0 Å². The van der Waals surface area contributed by atoms with Crippen LogP contribution in [0.5, 0.6) is 0 Å². The molecule has 0 amide bonds. The average Bonchev–Trinajstić information content (AvgIpc) is 2.37. The molecule has 90 valence electrons. The highest BCUT2D eigenvalue weighted by molar-refractivity contribution is 7.99. The predicted molar refractivity (Wildman–Crippen MR) is 74.7 cm³/mol. The Morgan fingerprint density at radius 3 is 2.88 bits per heavy atom. The van der Waals surface area contributed by atoms with Gasteiger partial charge in [-0.25, -0.2) is 0 Å². The number of halogens is 1. The van der Waals surface area contributed by atoms with E-state index in [-0.39, 0.29) is 0 Å². The Kier molecular flexibility index (Phi) is 4.58. The van der Waals surface area contributed by atoms with Gasteiger partial charge < -0.3 is 5.32 Å². The molecule has 1 N–H and O–H groups in total. The molecule has 17 heavy (non-hydrogen) atoms. The van der Waals surface area contributed by atoms with Crippen LogP contribution >= 0.6 is 23.4 Å². The summed E-state index contributed by atoms with van der Waals surface area (Å²) >= 11 is 8.01. The molecule has 1 aromatic carbocycles. The third-order valence-electron chi connectivity index (χ3n) is 3.05. The van der Waals surface area contributed by atoms with E-state index in [1.807, 2.05) is 23.9 Å². The fraction of sp³-hybridized carbons (Fsp3) is 0.462. The van der Waals surface area contributed by atoms with E-state index in [1.165, 1.54) is 24.3 Å². The van der Waals surface area contributed by atoms with Gasteiger partial charge in [-0.15, -0.1) is 0 Å². The van der Waals surface area contributed by atoms with Crippen molar-refractivity contribution >= 4 is 29.1 Å². The Morgan fingerprint density at radius 1 is 1.41 bits per heavy atom. The van der Waals surface area contributed by atoms with Gasteiger partial charge in [0.15, 0.2) is 0 Å². The molecule has 1 aliphatic heterocycles. The topological polar surface area (TPSA) is 35.8 Å². The summed E-state index contributed by atoms with van der Waals surface area (Å²) in [6.45, 7) is 0.940. The Balaban J connectivity index is 1.99. The summed E-state index contributed by atoms with van der Waals surface area (Å²) in [7, 11) is 0. The Labute approximate surface area is 111 Å². The number of thioether (sulfide) groups is 1. The minimum Gasteiger partial charge on any atom is -0.384 e. The van der Waals surface area contributed by atoms with Gasteiger partial charge in [-0.1, -0.05) is 17.7 Å². The van der Waals surface area contributed by atoms with Gasteiger partial charge in [0.1, 0.15) is 6.07 Å². The van der Waals surface area contributed by atoms with E-state index in [0.717, 1.165) is 18.2 Å². The van der Waals surface area contributed by atoms with Crippen LogP contribution in [0.2, 0.25) is 5.02 Å². The number of hydrogen-bond donors (Lipinski definition) is 1. The molecule has 1 saturated heterocycles. The normalized spacial score (nSPS) is 16.5. The molecule has 2 rings (SSSR count). The smallest absolute Gasteiger partial charge is 0.103 e. The molecular formula is C13H15ClN2S. The van der Waals surface area contributed by atoms with Crippen LogP contribution in [0.1, 0.15) is 18.4 Å². The van der Waals surface area contributed by atoms with Gasteiger partial charge in [0.05, 0.1) is 16.3 Å². The highest BCUT2D eigenvalue weighted by atomic mass is 35.5. The fourth-order valence-electron chi connectivity index (χ4n) is 1.99. The highest BCUT2D eigenvalue weighted by Gasteiger charge is 2.14. The van der Waals surface area contributed by atoms with Crippen molar-refractivity contribution < 1.29 is 0 Å². The molecule has 2 nitrogen and oxygen atoms in total. The molecule has 0 bridgehead atoms. The zero-order chi connectivity index (χ0) is 12.1. The van der Waals surface area contributed by atoms with Gasteiger partial charge in [0, 0.05) is 6.54 Å². The molecule has 0 aliphatic carbocycles. The molecule has 1 aromatic rings. The molecular weight excluding hydrogens is 252 g/mol. The second-order valence-corrected chi connectivity index (χ2v) is 5.84. The van der Waals surface area contributed by atoms with Crippen LogP contribution < -0.4 is 5.32 Å². The number of nitrogens with one attached hydrogen (secondary N) is 1. The van der Waals surface area contributed by atoms with Gasteiger partial charge in [-0.3, -0.25) is 0 Å². The molecule has 1 fully saturated rings. The first-order chi connectivity index (χ1) is 8.31. The summed E-state index contributed by atoms with van der Waals surface area (Å²) in [5, 5.41) is 12.9. The minimum absolute atomic E-state index is 0.525. The Hall–Kier alpha value is -0.850.